The molecular formula is C19H21N5O2S. The Labute approximate surface area is 161 Å². The van der Waals surface area contributed by atoms with Crippen LogP contribution in [0, 0.1) is 5.92 Å². The quantitative estimate of drug-likeness (QED) is 0.704. The number of anilines is 1. The van der Waals surface area contributed by atoms with Gasteiger partial charge in [0, 0.05) is 38.0 Å². The van der Waals surface area contributed by atoms with E-state index in [0.29, 0.717) is 24.7 Å². The zero-order valence-electron chi connectivity index (χ0n) is 15.0. The molecule has 0 bridgehead atoms. The molecule has 1 amide bonds. The van der Waals surface area contributed by atoms with Gasteiger partial charge in [-0.1, -0.05) is 6.07 Å². The van der Waals surface area contributed by atoms with Crippen molar-refractivity contribution in [3.8, 4) is 0 Å². The van der Waals surface area contributed by atoms with Gasteiger partial charge < -0.3 is 15.3 Å². The molecule has 0 aromatic carbocycles. The van der Waals surface area contributed by atoms with Crippen molar-refractivity contribution in [3.05, 3.63) is 47.2 Å². The van der Waals surface area contributed by atoms with Crippen molar-refractivity contribution in [2.75, 3.05) is 25.0 Å². The van der Waals surface area contributed by atoms with Crippen LogP contribution in [0.2, 0.25) is 0 Å². The summed E-state index contributed by atoms with van der Waals surface area (Å²) in [5, 5.41) is 14.5. The van der Waals surface area contributed by atoms with Gasteiger partial charge in [-0.2, -0.15) is 0 Å². The Morgan fingerprint density at radius 3 is 3.07 bits per heavy atom. The lowest BCUT2D eigenvalue weighted by molar-refractivity contribution is 0.0778. The van der Waals surface area contributed by atoms with Gasteiger partial charge in [-0.3, -0.25) is 9.78 Å². The average molecular weight is 383 g/mol. The third-order valence-electron chi connectivity index (χ3n) is 4.87. The Bertz CT molecular complexity index is 946. The van der Waals surface area contributed by atoms with E-state index in [0.717, 1.165) is 22.2 Å². The number of thiophene rings is 1. The van der Waals surface area contributed by atoms with Crippen molar-refractivity contribution in [1.29, 1.82) is 0 Å². The molecule has 4 rings (SSSR count). The first-order chi connectivity index (χ1) is 13.2. The van der Waals surface area contributed by atoms with Crippen molar-refractivity contribution in [2.45, 2.75) is 19.4 Å². The summed E-state index contributed by atoms with van der Waals surface area (Å²) in [6.07, 6.45) is 4.35. The molecule has 8 heteroatoms. The highest BCUT2D eigenvalue weighted by molar-refractivity contribution is 7.17. The van der Waals surface area contributed by atoms with Gasteiger partial charge >= 0.3 is 0 Å². The highest BCUT2D eigenvalue weighted by Gasteiger charge is 2.29. The number of aliphatic hydroxyl groups excluding tert-OH is 1. The molecule has 3 aromatic rings. The van der Waals surface area contributed by atoms with Crippen LogP contribution in [0.3, 0.4) is 0 Å². The second kappa shape index (κ2) is 7.58. The number of carbonyl (C=O) groups is 1. The Hall–Kier alpha value is -2.58. The van der Waals surface area contributed by atoms with E-state index < -0.39 is 0 Å². The summed E-state index contributed by atoms with van der Waals surface area (Å²) in [4.78, 5) is 28.1. The molecule has 2 N–H and O–H groups in total. The van der Waals surface area contributed by atoms with Crippen LogP contribution in [-0.2, 0) is 0 Å². The minimum absolute atomic E-state index is 0.0386. The standard InChI is InChI=1S/C19H21N5O2S/c1-12(14-3-2-6-20-9-14)21-19-22-15-5-8-27-17(15)16(23-19)18(26)24-7-4-13(10-24)11-25/h2-3,5-6,8-9,12-13,25H,4,7,10-11H2,1H3,(H,21,22,23). The number of amides is 1. The first kappa shape index (κ1) is 17.8. The maximum absolute atomic E-state index is 13.1. The molecule has 1 aliphatic rings. The predicted molar refractivity (Wildman–Crippen MR) is 105 cm³/mol. The first-order valence-electron chi connectivity index (χ1n) is 8.97. The van der Waals surface area contributed by atoms with Crippen LogP contribution in [0.5, 0.6) is 0 Å². The Kier molecular flexibility index (Phi) is 5.00. The molecule has 27 heavy (non-hydrogen) atoms. The minimum atomic E-state index is -0.0992. The van der Waals surface area contributed by atoms with Gasteiger partial charge in [0.25, 0.3) is 5.91 Å². The normalized spacial score (nSPS) is 18.0. The van der Waals surface area contributed by atoms with E-state index in [1.165, 1.54) is 11.3 Å². The van der Waals surface area contributed by atoms with Crippen LogP contribution in [0.1, 0.15) is 35.4 Å². The van der Waals surface area contributed by atoms with Crippen molar-refractivity contribution in [1.82, 2.24) is 19.9 Å². The highest BCUT2D eigenvalue weighted by atomic mass is 32.1. The van der Waals surface area contributed by atoms with Crippen molar-refractivity contribution in [2.24, 2.45) is 5.92 Å². The van der Waals surface area contributed by atoms with Crippen molar-refractivity contribution < 1.29 is 9.90 Å². The van der Waals surface area contributed by atoms with Gasteiger partial charge in [0.2, 0.25) is 5.95 Å². The third kappa shape index (κ3) is 3.63. The molecule has 0 radical (unpaired) electrons. The number of carbonyl (C=O) groups excluding carboxylic acids is 1. The Morgan fingerprint density at radius 1 is 1.44 bits per heavy atom. The van der Waals surface area contributed by atoms with Crippen LogP contribution in [-0.4, -0.2) is 50.6 Å². The van der Waals surface area contributed by atoms with Crippen LogP contribution in [0.15, 0.2) is 36.0 Å². The van der Waals surface area contributed by atoms with Gasteiger partial charge in [-0.05, 0) is 36.4 Å². The molecule has 4 heterocycles. The lowest BCUT2D eigenvalue weighted by atomic mass is 10.1. The van der Waals surface area contributed by atoms with E-state index in [1.54, 1.807) is 17.3 Å². The van der Waals surface area contributed by atoms with E-state index in [2.05, 4.69) is 20.3 Å². The lowest BCUT2D eigenvalue weighted by Crippen LogP contribution is -2.30. The zero-order chi connectivity index (χ0) is 18.8. The number of hydrogen-bond donors (Lipinski definition) is 2. The van der Waals surface area contributed by atoms with Gasteiger partial charge in [0.05, 0.1) is 16.3 Å². The van der Waals surface area contributed by atoms with Crippen molar-refractivity contribution in [3.63, 3.8) is 0 Å². The number of hydrogen-bond acceptors (Lipinski definition) is 7. The van der Waals surface area contributed by atoms with Gasteiger partial charge in [0.15, 0.2) is 5.69 Å². The Balaban J connectivity index is 1.63. The molecule has 2 unspecified atom stereocenters. The van der Waals surface area contributed by atoms with Crippen LogP contribution >= 0.6 is 11.3 Å². The van der Waals surface area contributed by atoms with E-state index in [-0.39, 0.29) is 24.5 Å². The maximum atomic E-state index is 13.1. The monoisotopic (exact) mass is 383 g/mol. The zero-order valence-corrected chi connectivity index (χ0v) is 15.8. The molecule has 0 saturated carbocycles. The maximum Gasteiger partial charge on any atom is 0.274 e. The van der Waals surface area contributed by atoms with Crippen molar-refractivity contribution >= 4 is 33.4 Å². The largest absolute Gasteiger partial charge is 0.396 e. The Morgan fingerprint density at radius 2 is 2.33 bits per heavy atom. The summed E-state index contributed by atoms with van der Waals surface area (Å²) >= 11 is 1.47. The van der Waals surface area contributed by atoms with Gasteiger partial charge in [0.1, 0.15) is 0 Å². The molecule has 1 fully saturated rings. The molecule has 7 nitrogen and oxygen atoms in total. The molecular weight excluding hydrogens is 362 g/mol. The molecule has 140 valence electrons. The van der Waals surface area contributed by atoms with Crippen LogP contribution < -0.4 is 5.32 Å². The number of nitrogens with zero attached hydrogens (tertiary/aromatic N) is 4. The fourth-order valence-corrected chi connectivity index (χ4v) is 4.11. The van der Waals surface area contributed by atoms with E-state index in [1.807, 2.05) is 30.5 Å². The summed E-state index contributed by atoms with van der Waals surface area (Å²) < 4.78 is 0.798. The average Bonchev–Trinajstić information content (AvgIpc) is 3.36. The van der Waals surface area contributed by atoms with Crippen LogP contribution in [0.4, 0.5) is 5.95 Å². The first-order valence-corrected chi connectivity index (χ1v) is 9.85. The summed E-state index contributed by atoms with van der Waals surface area (Å²) in [6.45, 7) is 3.33. The summed E-state index contributed by atoms with van der Waals surface area (Å²) in [5.74, 6) is 0.481. The summed E-state index contributed by atoms with van der Waals surface area (Å²) in [6, 6.07) is 5.73. The van der Waals surface area contributed by atoms with E-state index >= 15 is 0 Å². The second-order valence-electron chi connectivity index (χ2n) is 6.77. The number of aliphatic hydroxyl groups is 1. The smallest absolute Gasteiger partial charge is 0.274 e. The summed E-state index contributed by atoms with van der Waals surface area (Å²) in [5.41, 5.74) is 2.20. The topological polar surface area (TPSA) is 91.2 Å². The van der Waals surface area contributed by atoms with Gasteiger partial charge in [-0.25, -0.2) is 9.97 Å². The molecule has 3 aromatic heterocycles. The number of pyridine rings is 1. The minimum Gasteiger partial charge on any atom is -0.396 e. The van der Waals surface area contributed by atoms with Crippen LogP contribution in [0.25, 0.3) is 10.2 Å². The number of nitrogens with one attached hydrogen (secondary N) is 1. The lowest BCUT2D eigenvalue weighted by Gasteiger charge is -2.18. The fraction of sp³-hybridized carbons (Fsp3) is 0.368. The third-order valence-corrected chi connectivity index (χ3v) is 5.78. The second-order valence-corrected chi connectivity index (χ2v) is 7.69. The summed E-state index contributed by atoms with van der Waals surface area (Å²) in [7, 11) is 0. The van der Waals surface area contributed by atoms with E-state index in [9.17, 15) is 9.90 Å². The molecule has 0 aliphatic carbocycles. The number of likely N-dealkylation sites (tertiary alicyclic amines) is 1. The van der Waals surface area contributed by atoms with Gasteiger partial charge in [-0.15, -0.1) is 11.3 Å². The predicted octanol–water partition coefficient (Wildman–Crippen LogP) is 2.71. The molecule has 2 atom stereocenters. The molecule has 0 spiro atoms. The van der Waals surface area contributed by atoms with E-state index in [4.69, 9.17) is 0 Å². The number of fused-ring (bicyclic) bond motifs is 1. The highest BCUT2D eigenvalue weighted by Crippen LogP contribution is 2.27. The molecule has 1 aliphatic heterocycles. The fourth-order valence-electron chi connectivity index (χ4n) is 3.30. The molecule has 1 saturated heterocycles. The SMILES string of the molecule is CC(Nc1nc(C(=O)N2CCC(CO)C2)c2sccc2n1)c1cccnc1. The number of aromatic nitrogens is 3. The number of rotatable bonds is 5.